The highest BCUT2D eigenvalue weighted by Gasteiger charge is 2.05. The van der Waals surface area contributed by atoms with Crippen LogP contribution in [0.1, 0.15) is 18.1 Å². The van der Waals surface area contributed by atoms with E-state index in [2.05, 4.69) is 46.4 Å². The number of halogens is 1. The molecule has 0 aromatic heterocycles. The third kappa shape index (κ3) is 4.39. The summed E-state index contributed by atoms with van der Waals surface area (Å²) in [4.78, 5) is 0. The molecule has 0 saturated heterocycles. The summed E-state index contributed by atoms with van der Waals surface area (Å²) in [5.74, 6) is 1.55. The molecule has 4 heteroatoms. The number of aryl methyl sites for hydroxylation is 1. The van der Waals surface area contributed by atoms with Gasteiger partial charge in [-0.2, -0.15) is 0 Å². The molecule has 112 valence electrons. The van der Waals surface area contributed by atoms with Gasteiger partial charge in [-0.25, -0.2) is 0 Å². The van der Waals surface area contributed by atoms with Crippen LogP contribution in [0.3, 0.4) is 0 Å². The third-order valence-electron chi connectivity index (χ3n) is 3.07. The summed E-state index contributed by atoms with van der Waals surface area (Å²) >= 11 is 3.51. The molecule has 0 radical (unpaired) electrons. The fourth-order valence-electron chi connectivity index (χ4n) is 2.14. The second-order valence-electron chi connectivity index (χ2n) is 4.79. The van der Waals surface area contributed by atoms with E-state index in [1.54, 1.807) is 7.11 Å². The lowest BCUT2D eigenvalue weighted by Crippen LogP contribution is -2.02. The van der Waals surface area contributed by atoms with Crippen LogP contribution in [-0.4, -0.2) is 13.7 Å². The minimum atomic E-state index is 0.623. The maximum absolute atomic E-state index is 5.60. The Morgan fingerprint density at radius 3 is 2.57 bits per heavy atom. The minimum absolute atomic E-state index is 0.623. The van der Waals surface area contributed by atoms with Gasteiger partial charge in [-0.1, -0.05) is 22.0 Å². The van der Waals surface area contributed by atoms with Crippen LogP contribution < -0.4 is 14.8 Å². The molecule has 21 heavy (non-hydrogen) atoms. The molecule has 0 amide bonds. The summed E-state index contributed by atoms with van der Waals surface area (Å²) in [7, 11) is 1.65. The average Bonchev–Trinajstić information content (AvgIpc) is 2.45. The molecule has 1 N–H and O–H groups in total. The maximum Gasteiger partial charge on any atom is 0.161 e. The molecule has 0 spiro atoms. The molecule has 0 aliphatic heterocycles. The molecular weight excluding hydrogens is 330 g/mol. The van der Waals surface area contributed by atoms with E-state index in [-0.39, 0.29) is 0 Å². The van der Waals surface area contributed by atoms with Crippen LogP contribution in [-0.2, 0) is 6.54 Å². The molecular formula is C17H20BrNO2. The van der Waals surface area contributed by atoms with Gasteiger partial charge < -0.3 is 14.8 Å². The normalized spacial score (nSPS) is 10.3. The Hall–Kier alpha value is -1.68. The van der Waals surface area contributed by atoms with Crippen molar-refractivity contribution in [1.82, 2.24) is 0 Å². The first kappa shape index (κ1) is 15.7. The van der Waals surface area contributed by atoms with E-state index in [1.807, 2.05) is 25.1 Å². The Labute approximate surface area is 134 Å². The predicted molar refractivity (Wildman–Crippen MR) is 90.4 cm³/mol. The fraction of sp³-hybridized carbons (Fsp3) is 0.294. The van der Waals surface area contributed by atoms with Gasteiger partial charge in [0.05, 0.1) is 13.7 Å². The van der Waals surface area contributed by atoms with Crippen LogP contribution in [0.4, 0.5) is 5.69 Å². The Kier molecular flexibility index (Phi) is 5.51. The van der Waals surface area contributed by atoms with Gasteiger partial charge >= 0.3 is 0 Å². The van der Waals surface area contributed by atoms with Crippen molar-refractivity contribution in [2.24, 2.45) is 0 Å². The minimum Gasteiger partial charge on any atom is -0.493 e. The first-order valence-electron chi connectivity index (χ1n) is 6.93. The smallest absolute Gasteiger partial charge is 0.161 e. The monoisotopic (exact) mass is 349 g/mol. The second kappa shape index (κ2) is 7.36. The molecule has 2 rings (SSSR count). The van der Waals surface area contributed by atoms with E-state index >= 15 is 0 Å². The Balaban J connectivity index is 2.10. The fourth-order valence-corrected chi connectivity index (χ4v) is 2.75. The van der Waals surface area contributed by atoms with Crippen molar-refractivity contribution in [2.75, 3.05) is 19.0 Å². The zero-order valence-corrected chi connectivity index (χ0v) is 14.2. The molecule has 0 bridgehead atoms. The summed E-state index contributed by atoms with van der Waals surface area (Å²) in [6, 6.07) is 12.3. The molecule has 2 aromatic carbocycles. The number of hydrogen-bond donors (Lipinski definition) is 1. The lowest BCUT2D eigenvalue weighted by Gasteiger charge is -2.12. The van der Waals surface area contributed by atoms with Gasteiger partial charge in [-0.15, -0.1) is 0 Å². The number of methoxy groups -OCH3 is 1. The van der Waals surface area contributed by atoms with E-state index < -0.39 is 0 Å². The first-order chi connectivity index (χ1) is 10.1. The summed E-state index contributed by atoms with van der Waals surface area (Å²) in [6.45, 7) is 5.41. The van der Waals surface area contributed by atoms with Gasteiger partial charge in [0.15, 0.2) is 11.5 Å². The van der Waals surface area contributed by atoms with Crippen molar-refractivity contribution in [3.63, 3.8) is 0 Å². The van der Waals surface area contributed by atoms with Crippen molar-refractivity contribution < 1.29 is 9.47 Å². The van der Waals surface area contributed by atoms with Gasteiger partial charge in [0.25, 0.3) is 0 Å². The van der Waals surface area contributed by atoms with Crippen LogP contribution in [0.25, 0.3) is 0 Å². The van der Waals surface area contributed by atoms with Crippen molar-refractivity contribution in [1.29, 1.82) is 0 Å². The second-order valence-corrected chi connectivity index (χ2v) is 5.70. The Morgan fingerprint density at radius 1 is 1.10 bits per heavy atom. The molecule has 0 fully saturated rings. The molecule has 0 aliphatic carbocycles. The van der Waals surface area contributed by atoms with Crippen molar-refractivity contribution in [3.05, 3.63) is 52.0 Å². The van der Waals surface area contributed by atoms with Crippen LogP contribution in [0.5, 0.6) is 11.5 Å². The molecule has 3 nitrogen and oxygen atoms in total. The average molecular weight is 350 g/mol. The lowest BCUT2D eigenvalue weighted by atomic mass is 10.2. The zero-order valence-electron chi connectivity index (χ0n) is 12.6. The van der Waals surface area contributed by atoms with Crippen LogP contribution >= 0.6 is 15.9 Å². The number of rotatable bonds is 6. The maximum atomic E-state index is 5.60. The quantitative estimate of drug-likeness (QED) is 0.814. The summed E-state index contributed by atoms with van der Waals surface area (Å²) in [5, 5.41) is 3.42. The standard InChI is InChI=1S/C17H20BrNO2/c1-4-21-17-9-13(5-6-16(17)20-3)11-19-15-8-12(2)7-14(18)10-15/h5-10,19H,4,11H2,1-3H3. The highest BCUT2D eigenvalue weighted by Crippen LogP contribution is 2.28. The lowest BCUT2D eigenvalue weighted by molar-refractivity contribution is 0.310. The molecule has 0 saturated carbocycles. The van der Waals surface area contributed by atoms with Crippen molar-refractivity contribution in [3.8, 4) is 11.5 Å². The number of nitrogens with one attached hydrogen (secondary N) is 1. The third-order valence-corrected chi connectivity index (χ3v) is 3.52. The zero-order chi connectivity index (χ0) is 15.2. The van der Waals surface area contributed by atoms with E-state index in [4.69, 9.17) is 9.47 Å². The molecule has 2 aromatic rings. The summed E-state index contributed by atoms with van der Waals surface area (Å²) in [5.41, 5.74) is 3.46. The molecule has 0 unspecified atom stereocenters. The molecule has 0 aliphatic rings. The highest BCUT2D eigenvalue weighted by molar-refractivity contribution is 9.10. The highest BCUT2D eigenvalue weighted by atomic mass is 79.9. The first-order valence-corrected chi connectivity index (χ1v) is 7.72. The van der Waals surface area contributed by atoms with Gasteiger partial charge in [-0.3, -0.25) is 0 Å². The number of hydrogen-bond acceptors (Lipinski definition) is 3. The van der Waals surface area contributed by atoms with Gasteiger partial charge in [0.2, 0.25) is 0 Å². The van der Waals surface area contributed by atoms with E-state index in [0.29, 0.717) is 6.61 Å². The van der Waals surface area contributed by atoms with E-state index in [9.17, 15) is 0 Å². The van der Waals surface area contributed by atoms with E-state index in [0.717, 1.165) is 33.8 Å². The predicted octanol–water partition coefficient (Wildman–Crippen LogP) is 4.78. The van der Waals surface area contributed by atoms with Gasteiger partial charge in [0, 0.05) is 16.7 Å². The molecule has 0 heterocycles. The Bertz CT molecular complexity index is 593. The summed E-state index contributed by atoms with van der Waals surface area (Å²) < 4.78 is 12.0. The van der Waals surface area contributed by atoms with Crippen LogP contribution in [0, 0.1) is 6.92 Å². The van der Waals surface area contributed by atoms with E-state index in [1.165, 1.54) is 5.56 Å². The van der Waals surface area contributed by atoms with Gasteiger partial charge in [0.1, 0.15) is 0 Å². The van der Waals surface area contributed by atoms with Crippen LogP contribution in [0.15, 0.2) is 40.9 Å². The Morgan fingerprint density at radius 2 is 1.90 bits per heavy atom. The number of benzene rings is 2. The molecule has 0 atom stereocenters. The largest absolute Gasteiger partial charge is 0.493 e. The topological polar surface area (TPSA) is 30.5 Å². The van der Waals surface area contributed by atoms with Crippen molar-refractivity contribution >= 4 is 21.6 Å². The SMILES string of the molecule is CCOc1cc(CNc2cc(C)cc(Br)c2)ccc1OC. The van der Waals surface area contributed by atoms with Crippen LogP contribution in [0.2, 0.25) is 0 Å². The summed E-state index contributed by atoms with van der Waals surface area (Å²) in [6.07, 6.45) is 0. The number of anilines is 1. The van der Waals surface area contributed by atoms with Gasteiger partial charge in [-0.05, 0) is 55.3 Å². The number of ether oxygens (including phenoxy) is 2. The van der Waals surface area contributed by atoms with Crippen molar-refractivity contribution in [2.45, 2.75) is 20.4 Å².